The van der Waals surface area contributed by atoms with Gasteiger partial charge in [-0.15, -0.1) is 0 Å². The zero-order valence-electron chi connectivity index (χ0n) is 14.5. The molecule has 0 unspecified atom stereocenters. The van der Waals surface area contributed by atoms with Gasteiger partial charge in [0.2, 0.25) is 0 Å². The third-order valence-electron chi connectivity index (χ3n) is 4.43. The standard InChI is InChI=1S/C19H21N3O3S/c1-13-8-10-22(11-9-13)18(24)14-4-6-15(7-5-14)20-19(26)21-17(23)16-3-2-12-25-16/h2-7,12-13H,8-11H2,1H3,(H2,20,21,23,26). The molecular weight excluding hydrogens is 350 g/mol. The number of carbonyl (C=O) groups is 2. The van der Waals surface area contributed by atoms with Crippen molar-refractivity contribution in [2.45, 2.75) is 19.8 Å². The van der Waals surface area contributed by atoms with Crippen molar-refractivity contribution in [1.82, 2.24) is 10.2 Å². The summed E-state index contributed by atoms with van der Waals surface area (Å²) in [5, 5.41) is 5.62. The number of hydrogen-bond donors (Lipinski definition) is 2. The summed E-state index contributed by atoms with van der Waals surface area (Å²) in [5.74, 6) is 0.504. The second-order valence-electron chi connectivity index (χ2n) is 6.44. The van der Waals surface area contributed by atoms with E-state index >= 15 is 0 Å². The lowest BCUT2D eigenvalue weighted by Crippen LogP contribution is -2.37. The van der Waals surface area contributed by atoms with E-state index in [9.17, 15) is 9.59 Å². The summed E-state index contributed by atoms with van der Waals surface area (Å²) in [6.45, 7) is 3.83. The molecule has 3 rings (SSSR count). The predicted octanol–water partition coefficient (Wildman–Crippen LogP) is 3.28. The average Bonchev–Trinajstić information content (AvgIpc) is 3.17. The molecule has 6 nitrogen and oxygen atoms in total. The third kappa shape index (κ3) is 4.49. The molecular formula is C19H21N3O3S. The first-order valence-corrected chi connectivity index (χ1v) is 8.99. The van der Waals surface area contributed by atoms with Crippen LogP contribution in [0.1, 0.15) is 40.7 Å². The third-order valence-corrected chi connectivity index (χ3v) is 4.64. The van der Waals surface area contributed by atoms with Crippen molar-refractivity contribution in [1.29, 1.82) is 0 Å². The molecule has 2 amide bonds. The number of likely N-dealkylation sites (tertiary alicyclic amines) is 1. The fourth-order valence-corrected chi connectivity index (χ4v) is 3.04. The maximum atomic E-state index is 12.5. The monoisotopic (exact) mass is 371 g/mol. The highest BCUT2D eigenvalue weighted by Gasteiger charge is 2.21. The maximum Gasteiger partial charge on any atom is 0.293 e. The van der Waals surface area contributed by atoms with Crippen LogP contribution in [0, 0.1) is 5.92 Å². The normalized spacial score (nSPS) is 14.7. The van der Waals surface area contributed by atoms with Crippen LogP contribution in [-0.4, -0.2) is 34.9 Å². The van der Waals surface area contributed by atoms with Crippen molar-refractivity contribution < 1.29 is 14.0 Å². The number of benzene rings is 1. The minimum absolute atomic E-state index is 0.0529. The molecule has 0 saturated carbocycles. The van der Waals surface area contributed by atoms with Gasteiger partial charge in [0.15, 0.2) is 10.9 Å². The Labute approximate surface area is 157 Å². The number of piperidine rings is 1. The number of amides is 2. The maximum absolute atomic E-state index is 12.5. The Hall–Kier alpha value is -2.67. The molecule has 1 aromatic carbocycles. The van der Waals surface area contributed by atoms with Crippen LogP contribution in [0.2, 0.25) is 0 Å². The molecule has 0 bridgehead atoms. The van der Waals surface area contributed by atoms with Crippen molar-refractivity contribution in [2.75, 3.05) is 18.4 Å². The minimum atomic E-state index is -0.418. The van der Waals surface area contributed by atoms with Gasteiger partial charge in [0.05, 0.1) is 6.26 Å². The van der Waals surface area contributed by atoms with Gasteiger partial charge in [0, 0.05) is 24.3 Å². The summed E-state index contributed by atoms with van der Waals surface area (Å²) in [7, 11) is 0. The highest BCUT2D eigenvalue weighted by Crippen LogP contribution is 2.19. The Morgan fingerprint density at radius 1 is 1.15 bits per heavy atom. The van der Waals surface area contributed by atoms with E-state index in [1.54, 1.807) is 36.4 Å². The molecule has 136 valence electrons. The summed E-state index contributed by atoms with van der Waals surface area (Å²) in [4.78, 5) is 26.3. The van der Waals surface area contributed by atoms with E-state index < -0.39 is 5.91 Å². The van der Waals surface area contributed by atoms with Crippen LogP contribution in [0.25, 0.3) is 0 Å². The lowest BCUT2D eigenvalue weighted by atomic mass is 9.98. The zero-order chi connectivity index (χ0) is 18.5. The van der Waals surface area contributed by atoms with Gasteiger partial charge in [-0.2, -0.15) is 0 Å². The molecule has 7 heteroatoms. The van der Waals surface area contributed by atoms with Gasteiger partial charge in [-0.05, 0) is 67.4 Å². The molecule has 1 saturated heterocycles. The van der Waals surface area contributed by atoms with Crippen LogP contribution in [0.3, 0.4) is 0 Å². The van der Waals surface area contributed by atoms with Crippen LogP contribution < -0.4 is 10.6 Å². The second kappa shape index (κ2) is 8.14. The molecule has 1 aliphatic heterocycles. The molecule has 0 spiro atoms. The Morgan fingerprint density at radius 2 is 1.85 bits per heavy atom. The first-order chi connectivity index (χ1) is 12.5. The number of rotatable bonds is 3. The lowest BCUT2D eigenvalue weighted by molar-refractivity contribution is 0.0697. The van der Waals surface area contributed by atoms with Crippen molar-refractivity contribution in [3.8, 4) is 0 Å². The first-order valence-electron chi connectivity index (χ1n) is 8.58. The molecule has 2 N–H and O–H groups in total. The summed E-state index contributed by atoms with van der Waals surface area (Å²) in [5.41, 5.74) is 1.34. The molecule has 1 aromatic heterocycles. The Bertz CT molecular complexity index is 779. The van der Waals surface area contributed by atoms with E-state index in [0.29, 0.717) is 17.2 Å². The number of hydrogen-bond acceptors (Lipinski definition) is 4. The van der Waals surface area contributed by atoms with E-state index in [4.69, 9.17) is 16.6 Å². The SMILES string of the molecule is CC1CCN(C(=O)c2ccc(NC(=S)NC(=O)c3ccco3)cc2)CC1. The van der Waals surface area contributed by atoms with Crippen LogP contribution in [-0.2, 0) is 0 Å². The van der Waals surface area contributed by atoms with Crippen molar-refractivity contribution in [3.05, 3.63) is 54.0 Å². The van der Waals surface area contributed by atoms with E-state index in [1.807, 2.05) is 4.90 Å². The number of furan rings is 1. The van der Waals surface area contributed by atoms with Gasteiger partial charge in [-0.3, -0.25) is 14.9 Å². The van der Waals surface area contributed by atoms with Gasteiger partial charge in [-0.25, -0.2) is 0 Å². The number of nitrogens with zero attached hydrogens (tertiary/aromatic N) is 1. The topological polar surface area (TPSA) is 74.6 Å². The first kappa shape index (κ1) is 18.1. The minimum Gasteiger partial charge on any atom is -0.459 e. The Morgan fingerprint density at radius 3 is 2.46 bits per heavy atom. The number of thiocarbonyl (C=S) groups is 1. The van der Waals surface area contributed by atoms with E-state index in [1.165, 1.54) is 6.26 Å². The van der Waals surface area contributed by atoms with Gasteiger partial charge in [0.25, 0.3) is 11.8 Å². The fourth-order valence-electron chi connectivity index (χ4n) is 2.83. The predicted molar refractivity (Wildman–Crippen MR) is 103 cm³/mol. The van der Waals surface area contributed by atoms with E-state index in [2.05, 4.69) is 17.6 Å². The van der Waals surface area contributed by atoms with Gasteiger partial charge < -0.3 is 14.6 Å². The molecule has 1 fully saturated rings. The fraction of sp³-hybridized carbons (Fsp3) is 0.316. The number of nitrogens with one attached hydrogen (secondary N) is 2. The molecule has 0 radical (unpaired) electrons. The van der Waals surface area contributed by atoms with Crippen molar-refractivity contribution in [2.24, 2.45) is 5.92 Å². The largest absolute Gasteiger partial charge is 0.459 e. The van der Waals surface area contributed by atoms with Gasteiger partial charge in [-0.1, -0.05) is 6.92 Å². The summed E-state index contributed by atoms with van der Waals surface area (Å²) >= 11 is 5.12. The Kier molecular flexibility index (Phi) is 5.68. The molecule has 26 heavy (non-hydrogen) atoms. The molecule has 2 heterocycles. The molecule has 0 atom stereocenters. The second-order valence-corrected chi connectivity index (χ2v) is 6.85. The van der Waals surface area contributed by atoms with Gasteiger partial charge in [0.1, 0.15) is 0 Å². The number of carbonyl (C=O) groups excluding carboxylic acids is 2. The highest BCUT2D eigenvalue weighted by molar-refractivity contribution is 7.80. The van der Waals surface area contributed by atoms with Crippen LogP contribution >= 0.6 is 12.2 Å². The average molecular weight is 371 g/mol. The van der Waals surface area contributed by atoms with Crippen LogP contribution in [0.5, 0.6) is 0 Å². The smallest absolute Gasteiger partial charge is 0.293 e. The van der Waals surface area contributed by atoms with Crippen molar-refractivity contribution >= 4 is 34.8 Å². The summed E-state index contributed by atoms with van der Waals surface area (Å²) < 4.78 is 5.01. The van der Waals surface area contributed by atoms with Crippen molar-refractivity contribution in [3.63, 3.8) is 0 Å². The van der Waals surface area contributed by atoms with Crippen LogP contribution in [0.4, 0.5) is 5.69 Å². The quantitative estimate of drug-likeness (QED) is 0.810. The Balaban J connectivity index is 1.55. The van der Waals surface area contributed by atoms with Crippen LogP contribution in [0.15, 0.2) is 47.1 Å². The molecule has 0 aliphatic carbocycles. The van der Waals surface area contributed by atoms with E-state index in [-0.39, 0.29) is 16.8 Å². The molecule has 2 aromatic rings. The highest BCUT2D eigenvalue weighted by atomic mass is 32.1. The van der Waals surface area contributed by atoms with Gasteiger partial charge >= 0.3 is 0 Å². The van der Waals surface area contributed by atoms with E-state index in [0.717, 1.165) is 25.9 Å². The number of anilines is 1. The zero-order valence-corrected chi connectivity index (χ0v) is 15.3. The summed E-state index contributed by atoms with van der Waals surface area (Å²) in [6.07, 6.45) is 3.52. The lowest BCUT2D eigenvalue weighted by Gasteiger charge is -2.30. The molecule has 1 aliphatic rings. The summed E-state index contributed by atoms with van der Waals surface area (Å²) in [6, 6.07) is 10.2.